The van der Waals surface area contributed by atoms with Crippen molar-refractivity contribution in [3.63, 3.8) is 0 Å². The van der Waals surface area contributed by atoms with Crippen molar-refractivity contribution in [3.8, 4) is 0 Å². The average Bonchev–Trinajstić information content (AvgIpc) is 2.79. The molecule has 0 aromatic rings. The molecule has 1 nitrogen and oxygen atoms in total. The molecule has 0 aliphatic heterocycles. The second kappa shape index (κ2) is 4.10. The van der Waals surface area contributed by atoms with Gasteiger partial charge in [0.05, 0.1) is 0 Å². The molecule has 1 heteroatoms. The predicted octanol–water partition coefficient (Wildman–Crippen LogP) is 2.57. The van der Waals surface area contributed by atoms with Gasteiger partial charge in [-0.05, 0) is 31.2 Å². The maximum atomic E-state index is 3.46. The maximum absolute atomic E-state index is 3.46. The third-order valence-corrected chi connectivity index (χ3v) is 2.77. The molecule has 0 bridgehead atoms. The first-order valence-electron chi connectivity index (χ1n) is 5.04. The van der Waals surface area contributed by atoms with E-state index in [-0.39, 0.29) is 0 Å². The third kappa shape index (κ3) is 2.82. The molecule has 0 unspecified atom stereocenters. The lowest BCUT2D eigenvalue weighted by atomic mass is 9.99. The Labute approximate surface area is 70.6 Å². The number of nitrogens with one attached hydrogen (secondary N) is 1. The summed E-state index contributed by atoms with van der Waals surface area (Å²) >= 11 is 0. The van der Waals surface area contributed by atoms with E-state index >= 15 is 0 Å². The molecule has 1 saturated carbocycles. The molecule has 0 atom stereocenters. The van der Waals surface area contributed by atoms with E-state index in [0.717, 1.165) is 12.0 Å². The van der Waals surface area contributed by atoms with Gasteiger partial charge in [0.1, 0.15) is 0 Å². The van der Waals surface area contributed by atoms with E-state index in [4.69, 9.17) is 0 Å². The van der Waals surface area contributed by atoms with E-state index in [0.29, 0.717) is 0 Å². The first-order valence-corrected chi connectivity index (χ1v) is 5.04. The van der Waals surface area contributed by atoms with E-state index in [1.54, 1.807) is 0 Å². The summed E-state index contributed by atoms with van der Waals surface area (Å²) in [5, 5.41) is 3.46. The Morgan fingerprint density at radius 1 is 1.27 bits per heavy atom. The van der Waals surface area contributed by atoms with Gasteiger partial charge in [-0.15, -0.1) is 0 Å². The minimum absolute atomic E-state index is 0.742. The van der Waals surface area contributed by atoms with Crippen LogP contribution in [0, 0.1) is 5.41 Å². The summed E-state index contributed by atoms with van der Waals surface area (Å²) in [6.45, 7) is 6.87. The van der Waals surface area contributed by atoms with Crippen molar-refractivity contribution in [3.05, 3.63) is 0 Å². The van der Waals surface area contributed by atoms with E-state index in [2.05, 4.69) is 19.2 Å². The molecule has 1 N–H and O–H groups in total. The van der Waals surface area contributed by atoms with Gasteiger partial charge in [-0.2, -0.15) is 0 Å². The van der Waals surface area contributed by atoms with E-state index < -0.39 is 0 Å². The van der Waals surface area contributed by atoms with E-state index in [9.17, 15) is 0 Å². The lowest BCUT2D eigenvalue weighted by Crippen LogP contribution is -2.23. The third-order valence-electron chi connectivity index (χ3n) is 2.77. The molecule has 1 aliphatic rings. The van der Waals surface area contributed by atoms with Gasteiger partial charge in [0, 0.05) is 6.54 Å². The molecule has 0 radical (unpaired) electrons. The number of hydrogen-bond acceptors (Lipinski definition) is 1. The van der Waals surface area contributed by atoms with Crippen LogP contribution in [-0.2, 0) is 0 Å². The minimum Gasteiger partial charge on any atom is -0.316 e. The Morgan fingerprint density at radius 3 is 2.45 bits per heavy atom. The molecule has 1 aliphatic carbocycles. The van der Waals surface area contributed by atoms with Gasteiger partial charge in [0.2, 0.25) is 0 Å². The molecule has 1 rings (SSSR count). The van der Waals surface area contributed by atoms with Crippen molar-refractivity contribution in [1.82, 2.24) is 5.32 Å². The number of hydrogen-bond donors (Lipinski definition) is 1. The van der Waals surface area contributed by atoms with Crippen molar-refractivity contribution in [2.24, 2.45) is 5.41 Å². The fraction of sp³-hybridized carbons (Fsp3) is 1.00. The molecule has 0 spiro atoms. The molecule has 0 aromatic carbocycles. The molecular weight excluding hydrogens is 134 g/mol. The molecule has 11 heavy (non-hydrogen) atoms. The largest absolute Gasteiger partial charge is 0.316 e. The highest BCUT2D eigenvalue weighted by atomic mass is 14.9. The average molecular weight is 155 g/mol. The number of unbranched alkanes of at least 4 members (excludes halogenated alkanes) is 1. The highest BCUT2D eigenvalue weighted by Crippen LogP contribution is 2.49. The van der Waals surface area contributed by atoms with E-state index in [1.807, 2.05) is 0 Å². The Morgan fingerprint density at radius 2 is 2.00 bits per heavy atom. The van der Waals surface area contributed by atoms with Crippen LogP contribution >= 0.6 is 0 Å². The standard InChI is InChI=1S/C10H21N/c1-3-5-6-10(7-8-10)9-11-4-2/h11H,3-9H2,1-2H3. The van der Waals surface area contributed by atoms with Crippen molar-refractivity contribution < 1.29 is 0 Å². The van der Waals surface area contributed by atoms with Crippen LogP contribution < -0.4 is 5.32 Å². The molecule has 1 fully saturated rings. The van der Waals surface area contributed by atoms with Crippen LogP contribution in [0.2, 0.25) is 0 Å². The topological polar surface area (TPSA) is 12.0 Å². The molecule has 0 saturated heterocycles. The van der Waals surface area contributed by atoms with Crippen LogP contribution in [0.1, 0.15) is 46.0 Å². The van der Waals surface area contributed by atoms with Gasteiger partial charge in [-0.25, -0.2) is 0 Å². The zero-order valence-electron chi connectivity index (χ0n) is 7.95. The lowest BCUT2D eigenvalue weighted by Gasteiger charge is -2.14. The summed E-state index contributed by atoms with van der Waals surface area (Å²) in [6.07, 6.45) is 7.18. The van der Waals surface area contributed by atoms with Gasteiger partial charge >= 0.3 is 0 Å². The summed E-state index contributed by atoms with van der Waals surface area (Å²) in [4.78, 5) is 0. The van der Waals surface area contributed by atoms with Gasteiger partial charge in [-0.1, -0.05) is 26.7 Å². The summed E-state index contributed by atoms with van der Waals surface area (Å²) in [7, 11) is 0. The lowest BCUT2D eigenvalue weighted by molar-refractivity contribution is 0.416. The van der Waals surface area contributed by atoms with Gasteiger partial charge in [0.15, 0.2) is 0 Å². The Bertz CT molecular complexity index is 95.4. The van der Waals surface area contributed by atoms with Crippen LogP contribution in [-0.4, -0.2) is 13.1 Å². The molecule has 0 aromatic heterocycles. The summed E-state index contributed by atoms with van der Waals surface area (Å²) in [5.74, 6) is 0. The van der Waals surface area contributed by atoms with Crippen molar-refractivity contribution in [1.29, 1.82) is 0 Å². The van der Waals surface area contributed by atoms with E-state index in [1.165, 1.54) is 38.6 Å². The smallest absolute Gasteiger partial charge is 0.000770 e. The second-order valence-electron chi connectivity index (χ2n) is 3.88. The number of rotatable bonds is 6. The summed E-state index contributed by atoms with van der Waals surface area (Å²) in [6, 6.07) is 0. The highest BCUT2D eigenvalue weighted by Gasteiger charge is 2.40. The molecule has 0 amide bonds. The van der Waals surface area contributed by atoms with Gasteiger partial charge in [0.25, 0.3) is 0 Å². The first-order chi connectivity index (χ1) is 5.33. The fourth-order valence-corrected chi connectivity index (χ4v) is 1.63. The molecule has 66 valence electrons. The van der Waals surface area contributed by atoms with Crippen LogP contribution in [0.4, 0.5) is 0 Å². The van der Waals surface area contributed by atoms with Crippen LogP contribution in [0.15, 0.2) is 0 Å². The van der Waals surface area contributed by atoms with Crippen LogP contribution in [0.25, 0.3) is 0 Å². The predicted molar refractivity (Wildman–Crippen MR) is 49.7 cm³/mol. The van der Waals surface area contributed by atoms with Crippen LogP contribution in [0.5, 0.6) is 0 Å². The molecular formula is C10H21N. The second-order valence-corrected chi connectivity index (χ2v) is 3.88. The Balaban J connectivity index is 2.08. The van der Waals surface area contributed by atoms with Crippen LogP contribution in [0.3, 0.4) is 0 Å². The van der Waals surface area contributed by atoms with Crippen molar-refractivity contribution in [2.75, 3.05) is 13.1 Å². The fourth-order valence-electron chi connectivity index (χ4n) is 1.63. The molecule has 0 heterocycles. The summed E-state index contributed by atoms with van der Waals surface area (Å²) in [5.41, 5.74) is 0.742. The van der Waals surface area contributed by atoms with Crippen molar-refractivity contribution in [2.45, 2.75) is 46.0 Å². The Kier molecular flexibility index (Phi) is 3.38. The van der Waals surface area contributed by atoms with Gasteiger partial charge < -0.3 is 5.32 Å². The zero-order valence-corrected chi connectivity index (χ0v) is 7.95. The quantitative estimate of drug-likeness (QED) is 0.621. The monoisotopic (exact) mass is 155 g/mol. The summed E-state index contributed by atoms with van der Waals surface area (Å²) < 4.78 is 0. The minimum atomic E-state index is 0.742. The van der Waals surface area contributed by atoms with Crippen molar-refractivity contribution >= 4 is 0 Å². The van der Waals surface area contributed by atoms with Gasteiger partial charge in [-0.3, -0.25) is 0 Å². The zero-order chi connectivity index (χ0) is 8.16. The first kappa shape index (κ1) is 9.05. The SMILES string of the molecule is CCCCC1(CNCC)CC1. The normalized spacial score (nSPS) is 20.2. The Hall–Kier alpha value is -0.0400. The maximum Gasteiger partial charge on any atom is 0.000770 e. The highest BCUT2D eigenvalue weighted by molar-refractivity contribution is 4.94.